The molecule has 0 bridgehead atoms. The van der Waals surface area contributed by atoms with Crippen LogP contribution in [0.2, 0.25) is 5.02 Å². The van der Waals surface area contributed by atoms with Crippen LogP contribution in [0.4, 0.5) is 0 Å². The average molecular weight is 410 g/mol. The van der Waals surface area contributed by atoms with Gasteiger partial charge in [-0.1, -0.05) is 30.6 Å². The lowest BCUT2D eigenvalue weighted by Crippen LogP contribution is -2.24. The number of hydrogen-bond acceptors (Lipinski definition) is 6. The molecule has 1 N–H and O–H groups in total. The molecule has 0 radical (unpaired) electrons. The van der Waals surface area contributed by atoms with Gasteiger partial charge < -0.3 is 4.52 Å². The zero-order valence-electron chi connectivity index (χ0n) is 15.2. The van der Waals surface area contributed by atoms with Gasteiger partial charge in [0.1, 0.15) is 4.90 Å². The predicted molar refractivity (Wildman–Crippen MR) is 101 cm³/mol. The Balaban J connectivity index is 1.71. The number of rotatable bonds is 7. The van der Waals surface area contributed by atoms with Crippen molar-refractivity contribution in [2.45, 2.75) is 38.8 Å². The lowest BCUT2D eigenvalue weighted by molar-refractivity contribution is 0.421. The first-order valence-electron chi connectivity index (χ1n) is 8.37. The number of benzene rings is 1. The van der Waals surface area contributed by atoms with E-state index < -0.39 is 10.0 Å². The van der Waals surface area contributed by atoms with Crippen molar-refractivity contribution in [3.63, 3.8) is 0 Å². The van der Waals surface area contributed by atoms with E-state index in [2.05, 4.69) is 20.0 Å². The standard InChI is InChI=1S/C17H20ClN5O3S/c1-11(2)9-23-10-15(12(3)21-23)27(24,25)19-8-16-20-17(26-22-16)13-4-6-14(18)7-5-13/h4-7,10-11,19H,8-9H2,1-3H3. The Hall–Kier alpha value is -2.23. The van der Waals surface area contributed by atoms with E-state index in [1.165, 1.54) is 6.20 Å². The van der Waals surface area contributed by atoms with Crippen molar-refractivity contribution in [2.75, 3.05) is 0 Å². The van der Waals surface area contributed by atoms with Crippen molar-refractivity contribution in [1.29, 1.82) is 0 Å². The van der Waals surface area contributed by atoms with Gasteiger partial charge in [0.15, 0.2) is 5.82 Å². The molecule has 10 heteroatoms. The molecule has 144 valence electrons. The molecule has 2 heterocycles. The number of nitrogens with zero attached hydrogens (tertiary/aromatic N) is 4. The van der Waals surface area contributed by atoms with Crippen LogP contribution in [0.15, 0.2) is 39.9 Å². The molecule has 0 aliphatic rings. The second-order valence-electron chi connectivity index (χ2n) is 6.54. The maximum atomic E-state index is 12.6. The van der Waals surface area contributed by atoms with Gasteiger partial charge >= 0.3 is 0 Å². The van der Waals surface area contributed by atoms with E-state index >= 15 is 0 Å². The third kappa shape index (κ3) is 4.74. The Morgan fingerprint density at radius 2 is 1.96 bits per heavy atom. The summed E-state index contributed by atoms with van der Waals surface area (Å²) in [6, 6.07) is 6.91. The first-order valence-corrected chi connectivity index (χ1v) is 10.2. The van der Waals surface area contributed by atoms with Gasteiger partial charge in [0.25, 0.3) is 5.89 Å². The van der Waals surface area contributed by atoms with Crippen LogP contribution in [-0.2, 0) is 23.1 Å². The second kappa shape index (κ2) is 7.79. The molecule has 0 amide bonds. The summed E-state index contributed by atoms with van der Waals surface area (Å²) in [4.78, 5) is 4.35. The quantitative estimate of drug-likeness (QED) is 0.643. The molecule has 0 aliphatic heterocycles. The second-order valence-corrected chi connectivity index (χ2v) is 8.71. The van der Waals surface area contributed by atoms with Gasteiger partial charge in [-0.3, -0.25) is 4.68 Å². The molecule has 0 unspecified atom stereocenters. The highest BCUT2D eigenvalue weighted by atomic mass is 35.5. The van der Waals surface area contributed by atoms with Gasteiger partial charge in [-0.25, -0.2) is 13.1 Å². The number of halogens is 1. The molecule has 3 aromatic rings. The molecular formula is C17H20ClN5O3S. The molecular weight excluding hydrogens is 390 g/mol. The Morgan fingerprint density at radius 1 is 1.26 bits per heavy atom. The van der Waals surface area contributed by atoms with E-state index in [-0.39, 0.29) is 17.3 Å². The highest BCUT2D eigenvalue weighted by molar-refractivity contribution is 7.89. The zero-order chi connectivity index (χ0) is 19.6. The smallest absolute Gasteiger partial charge is 0.257 e. The van der Waals surface area contributed by atoms with Crippen LogP contribution in [0.5, 0.6) is 0 Å². The lowest BCUT2D eigenvalue weighted by Gasteiger charge is -2.04. The number of aromatic nitrogens is 4. The molecule has 0 saturated carbocycles. The van der Waals surface area contributed by atoms with Crippen molar-refractivity contribution in [3.8, 4) is 11.5 Å². The van der Waals surface area contributed by atoms with Crippen LogP contribution >= 0.6 is 11.6 Å². The first kappa shape index (κ1) is 19.5. The SMILES string of the molecule is Cc1nn(CC(C)C)cc1S(=O)(=O)NCc1noc(-c2ccc(Cl)cc2)n1. The van der Waals surface area contributed by atoms with Gasteiger partial charge in [0, 0.05) is 23.3 Å². The van der Waals surface area contributed by atoms with Gasteiger partial charge in [-0.15, -0.1) is 0 Å². The molecule has 0 atom stereocenters. The van der Waals surface area contributed by atoms with Crippen LogP contribution < -0.4 is 4.72 Å². The Bertz CT molecular complexity index is 1030. The van der Waals surface area contributed by atoms with E-state index in [1.807, 2.05) is 13.8 Å². The monoisotopic (exact) mass is 409 g/mol. The number of hydrogen-bond donors (Lipinski definition) is 1. The summed E-state index contributed by atoms with van der Waals surface area (Å²) in [6.07, 6.45) is 1.53. The zero-order valence-corrected chi connectivity index (χ0v) is 16.8. The van der Waals surface area contributed by atoms with E-state index in [1.54, 1.807) is 35.9 Å². The predicted octanol–water partition coefficient (Wildman–Crippen LogP) is 3.03. The summed E-state index contributed by atoms with van der Waals surface area (Å²) in [7, 11) is -3.74. The maximum absolute atomic E-state index is 12.6. The van der Waals surface area contributed by atoms with Gasteiger partial charge in [-0.2, -0.15) is 10.1 Å². The fourth-order valence-corrected chi connectivity index (χ4v) is 3.79. The number of aryl methyl sites for hydroxylation is 1. The lowest BCUT2D eigenvalue weighted by atomic mass is 10.2. The molecule has 0 spiro atoms. The van der Waals surface area contributed by atoms with Crippen LogP contribution in [0, 0.1) is 12.8 Å². The summed E-state index contributed by atoms with van der Waals surface area (Å²) in [6.45, 7) is 6.30. The van der Waals surface area contributed by atoms with Crippen LogP contribution in [0.1, 0.15) is 25.4 Å². The van der Waals surface area contributed by atoms with Crippen LogP contribution in [0.3, 0.4) is 0 Å². The molecule has 0 saturated heterocycles. The minimum Gasteiger partial charge on any atom is -0.334 e. The van der Waals surface area contributed by atoms with Crippen molar-refractivity contribution < 1.29 is 12.9 Å². The Labute approximate surface area is 162 Å². The molecule has 8 nitrogen and oxygen atoms in total. The largest absolute Gasteiger partial charge is 0.334 e. The molecule has 2 aromatic heterocycles. The average Bonchev–Trinajstić information content (AvgIpc) is 3.20. The highest BCUT2D eigenvalue weighted by Crippen LogP contribution is 2.20. The maximum Gasteiger partial charge on any atom is 0.257 e. The Kier molecular flexibility index (Phi) is 5.64. The molecule has 1 aromatic carbocycles. The summed E-state index contributed by atoms with van der Waals surface area (Å²) in [5, 5.41) is 8.67. The minimum atomic E-state index is -3.74. The van der Waals surface area contributed by atoms with Crippen LogP contribution in [0.25, 0.3) is 11.5 Å². The van der Waals surface area contributed by atoms with E-state index in [4.69, 9.17) is 16.1 Å². The topological polar surface area (TPSA) is 103 Å². The molecule has 3 rings (SSSR count). The fraction of sp³-hybridized carbons (Fsp3) is 0.353. The highest BCUT2D eigenvalue weighted by Gasteiger charge is 2.21. The van der Waals surface area contributed by atoms with E-state index in [0.29, 0.717) is 34.6 Å². The Morgan fingerprint density at radius 3 is 2.63 bits per heavy atom. The van der Waals surface area contributed by atoms with Crippen LogP contribution in [-0.4, -0.2) is 28.3 Å². The molecule has 0 fully saturated rings. The summed E-state index contributed by atoms with van der Waals surface area (Å²) in [5.41, 5.74) is 1.14. The van der Waals surface area contributed by atoms with Crippen molar-refractivity contribution in [1.82, 2.24) is 24.6 Å². The van der Waals surface area contributed by atoms with Crippen molar-refractivity contribution in [3.05, 3.63) is 47.0 Å². The number of nitrogens with one attached hydrogen (secondary N) is 1. The van der Waals surface area contributed by atoms with Gasteiger partial charge in [-0.05, 0) is 37.1 Å². The molecule has 0 aliphatic carbocycles. The van der Waals surface area contributed by atoms with Gasteiger partial charge in [0.05, 0.1) is 12.2 Å². The van der Waals surface area contributed by atoms with E-state index in [9.17, 15) is 8.42 Å². The minimum absolute atomic E-state index is 0.0891. The molecule has 27 heavy (non-hydrogen) atoms. The number of sulfonamides is 1. The van der Waals surface area contributed by atoms with Gasteiger partial charge in [0.2, 0.25) is 10.0 Å². The third-order valence-corrected chi connectivity index (χ3v) is 5.48. The van der Waals surface area contributed by atoms with Crippen molar-refractivity contribution >= 4 is 21.6 Å². The summed E-state index contributed by atoms with van der Waals surface area (Å²) < 4.78 is 34.5. The third-order valence-electron chi connectivity index (χ3n) is 3.72. The van der Waals surface area contributed by atoms with E-state index in [0.717, 1.165) is 0 Å². The van der Waals surface area contributed by atoms with Crippen molar-refractivity contribution in [2.24, 2.45) is 5.92 Å². The summed E-state index contributed by atoms with van der Waals surface area (Å²) in [5.74, 6) is 0.885. The normalized spacial score (nSPS) is 12.0. The first-order chi connectivity index (χ1) is 12.7. The fourth-order valence-electron chi connectivity index (χ4n) is 2.50. The summed E-state index contributed by atoms with van der Waals surface area (Å²) >= 11 is 5.85.